The summed E-state index contributed by atoms with van der Waals surface area (Å²) in [4.78, 5) is 25.3. The van der Waals surface area contributed by atoms with Crippen LogP contribution in [0.15, 0.2) is 76.4 Å². The molecule has 2 atom stereocenters. The zero-order chi connectivity index (χ0) is 23.8. The lowest BCUT2D eigenvalue weighted by molar-refractivity contribution is -0.119. The summed E-state index contributed by atoms with van der Waals surface area (Å²) in [6, 6.07) is 10.9. The third-order valence-electron chi connectivity index (χ3n) is 5.20. The van der Waals surface area contributed by atoms with Crippen molar-refractivity contribution in [3.63, 3.8) is 0 Å². The van der Waals surface area contributed by atoms with Gasteiger partial charge in [-0.05, 0) is 48.0 Å². The maximum absolute atomic E-state index is 13.2. The molecule has 1 heterocycles. The zero-order valence-electron chi connectivity index (χ0n) is 17.0. The van der Waals surface area contributed by atoms with Crippen LogP contribution in [-0.2, 0) is 21.2 Å². The first kappa shape index (κ1) is 22.8. The molecule has 0 fully saturated rings. The molecule has 0 aromatic heterocycles. The van der Waals surface area contributed by atoms with E-state index in [0.29, 0.717) is 10.6 Å². The van der Waals surface area contributed by atoms with E-state index in [1.54, 1.807) is 24.3 Å². The molecule has 0 saturated heterocycles. The number of amides is 2. The number of fused-ring (bicyclic) bond motifs is 1. The summed E-state index contributed by atoms with van der Waals surface area (Å²) in [6.45, 7) is 0. The van der Waals surface area contributed by atoms with E-state index in [1.165, 1.54) is 30.5 Å². The van der Waals surface area contributed by atoms with Gasteiger partial charge in [0.2, 0.25) is 15.9 Å². The van der Waals surface area contributed by atoms with Gasteiger partial charge in [0.1, 0.15) is 5.82 Å². The molecule has 2 amide bonds. The Kier molecular flexibility index (Phi) is 6.15. The minimum atomic E-state index is -4.16. The number of carbonyl (C=O) groups excluding carboxylic acids is 2. The molecule has 4 rings (SSSR count). The molecular weight excluding hydrogens is 471 g/mol. The van der Waals surface area contributed by atoms with Gasteiger partial charge in [-0.25, -0.2) is 23.0 Å². The molecule has 2 aromatic carbocycles. The van der Waals surface area contributed by atoms with Crippen molar-refractivity contribution in [2.75, 3.05) is 0 Å². The Morgan fingerprint density at radius 2 is 1.85 bits per heavy atom. The first-order chi connectivity index (χ1) is 15.6. The number of carbonyl (C=O) groups is 2. The summed E-state index contributed by atoms with van der Waals surface area (Å²) < 4.78 is 37.7. The van der Waals surface area contributed by atoms with Gasteiger partial charge in [0, 0.05) is 22.5 Å². The summed E-state index contributed by atoms with van der Waals surface area (Å²) >= 11 is 6.10. The zero-order valence-corrected chi connectivity index (χ0v) is 18.6. The smallest absolute Gasteiger partial charge is 0.274 e. The molecule has 0 radical (unpaired) electrons. The van der Waals surface area contributed by atoms with E-state index in [0.717, 1.165) is 17.1 Å². The second-order valence-corrected chi connectivity index (χ2v) is 9.44. The third-order valence-corrected chi connectivity index (χ3v) is 6.61. The molecule has 1 aliphatic heterocycles. The summed E-state index contributed by atoms with van der Waals surface area (Å²) in [5.41, 5.74) is 0.914. The van der Waals surface area contributed by atoms with Gasteiger partial charge >= 0.3 is 0 Å². The Morgan fingerprint density at radius 3 is 2.52 bits per heavy atom. The number of rotatable bonds is 5. The van der Waals surface area contributed by atoms with Crippen molar-refractivity contribution < 1.29 is 22.4 Å². The van der Waals surface area contributed by atoms with Crippen LogP contribution >= 0.6 is 11.6 Å². The van der Waals surface area contributed by atoms with Crippen LogP contribution < -0.4 is 10.5 Å². The average molecular weight is 489 g/mol. The lowest BCUT2D eigenvalue weighted by Crippen LogP contribution is -2.41. The first-order valence-corrected chi connectivity index (χ1v) is 11.7. The summed E-state index contributed by atoms with van der Waals surface area (Å²) in [6.07, 6.45) is 4.04. The Bertz CT molecular complexity index is 1320. The van der Waals surface area contributed by atoms with E-state index in [-0.39, 0.29) is 22.6 Å². The largest absolute Gasteiger partial charge is 0.326 e. The second-order valence-electron chi connectivity index (χ2n) is 7.47. The van der Waals surface area contributed by atoms with Gasteiger partial charge in [-0.3, -0.25) is 9.59 Å². The Morgan fingerprint density at radius 1 is 1.15 bits per heavy atom. The number of hydrogen-bond acceptors (Lipinski definition) is 5. The molecule has 0 saturated carbocycles. The van der Waals surface area contributed by atoms with E-state index in [1.807, 2.05) is 0 Å². The van der Waals surface area contributed by atoms with Crippen molar-refractivity contribution >= 4 is 39.7 Å². The van der Waals surface area contributed by atoms with E-state index in [4.69, 9.17) is 16.7 Å². The third kappa shape index (κ3) is 4.87. The van der Waals surface area contributed by atoms with Crippen molar-refractivity contribution in [3.8, 4) is 0 Å². The van der Waals surface area contributed by atoms with Crippen LogP contribution in [-0.4, -0.2) is 37.5 Å². The number of primary sulfonamides is 1. The number of benzene rings is 2. The van der Waals surface area contributed by atoms with Crippen molar-refractivity contribution in [2.24, 2.45) is 16.2 Å². The molecule has 11 heteroatoms. The second kappa shape index (κ2) is 8.89. The molecule has 0 bridgehead atoms. The highest BCUT2D eigenvalue weighted by Crippen LogP contribution is 2.33. The van der Waals surface area contributed by atoms with E-state index < -0.39 is 39.6 Å². The summed E-state index contributed by atoms with van der Waals surface area (Å²) in [5, 5.41) is 13.6. The van der Waals surface area contributed by atoms with E-state index in [9.17, 15) is 22.4 Å². The summed E-state index contributed by atoms with van der Waals surface area (Å²) in [5.74, 6) is -2.33. The number of nitrogens with one attached hydrogen (secondary N) is 1. The maximum atomic E-state index is 13.2. The lowest BCUT2D eigenvalue weighted by Gasteiger charge is -2.28. The molecule has 8 nitrogen and oxygen atoms in total. The van der Waals surface area contributed by atoms with Crippen LogP contribution in [0.25, 0.3) is 0 Å². The van der Waals surface area contributed by atoms with E-state index in [2.05, 4.69) is 10.4 Å². The highest BCUT2D eigenvalue weighted by Gasteiger charge is 2.41. The minimum Gasteiger partial charge on any atom is -0.326 e. The lowest BCUT2D eigenvalue weighted by atomic mass is 9.94. The number of halogens is 2. The minimum absolute atomic E-state index is 0.0433. The number of hydrogen-bond donors (Lipinski definition) is 2. The van der Waals surface area contributed by atoms with Crippen molar-refractivity contribution in [1.82, 2.24) is 10.3 Å². The van der Waals surface area contributed by atoms with E-state index >= 15 is 0 Å². The standard InChI is InChI=1S/C22H18ClFN4O4S/c23-18-4-2-1-3-14(18)9-21(29)27-16-10-19-17(20(11-16)33(25,31)32)12-26-28(19)22(30)13-5-7-15(24)8-6-13/h1-8,10-12,17,19H,9H2,(H,27,29)(H2,25,31,32). The number of allylic oxidation sites excluding steroid dienone is 1. The van der Waals surface area contributed by atoms with Gasteiger partial charge in [0.25, 0.3) is 5.91 Å². The number of sulfonamides is 1. The van der Waals surface area contributed by atoms with Gasteiger partial charge in [0.05, 0.1) is 23.3 Å². The molecule has 0 spiro atoms. The van der Waals surface area contributed by atoms with Gasteiger partial charge in [-0.1, -0.05) is 29.8 Å². The highest BCUT2D eigenvalue weighted by atomic mass is 35.5. The molecule has 170 valence electrons. The SMILES string of the molecule is NS(=O)(=O)C1=CC(NC(=O)Cc2ccccc2Cl)=CC2C1C=NN2C(=O)c1ccc(F)cc1. The molecule has 2 aliphatic rings. The first-order valence-electron chi connectivity index (χ1n) is 9.76. The van der Waals surface area contributed by atoms with Crippen molar-refractivity contribution in [2.45, 2.75) is 12.5 Å². The maximum Gasteiger partial charge on any atom is 0.274 e. The Labute approximate surface area is 194 Å². The quantitative estimate of drug-likeness (QED) is 0.670. The average Bonchev–Trinajstić information content (AvgIpc) is 3.18. The van der Waals surface area contributed by atoms with Crippen molar-refractivity contribution in [1.29, 1.82) is 0 Å². The van der Waals surface area contributed by atoms with Crippen LogP contribution in [0.4, 0.5) is 4.39 Å². The molecule has 2 aromatic rings. The normalized spacial score (nSPS) is 19.5. The number of nitrogens with two attached hydrogens (primary N) is 1. The predicted molar refractivity (Wildman–Crippen MR) is 121 cm³/mol. The van der Waals surface area contributed by atoms with Gasteiger partial charge < -0.3 is 5.32 Å². The van der Waals surface area contributed by atoms with Gasteiger partial charge in [-0.15, -0.1) is 0 Å². The molecule has 1 aliphatic carbocycles. The van der Waals surface area contributed by atoms with Crippen LogP contribution in [0, 0.1) is 11.7 Å². The number of nitrogens with zero attached hydrogens (tertiary/aromatic N) is 2. The van der Waals surface area contributed by atoms with Gasteiger partial charge in [-0.2, -0.15) is 5.10 Å². The van der Waals surface area contributed by atoms with Crippen LogP contribution in [0.1, 0.15) is 15.9 Å². The molecule has 3 N–H and O–H groups in total. The predicted octanol–water partition coefficient (Wildman–Crippen LogP) is 2.33. The van der Waals surface area contributed by atoms with Crippen molar-refractivity contribution in [3.05, 3.63) is 93.3 Å². The Balaban J connectivity index is 1.61. The highest BCUT2D eigenvalue weighted by molar-refractivity contribution is 7.93. The monoisotopic (exact) mass is 488 g/mol. The fourth-order valence-electron chi connectivity index (χ4n) is 3.64. The number of hydrazone groups is 1. The van der Waals surface area contributed by atoms with Crippen LogP contribution in [0.3, 0.4) is 0 Å². The fraction of sp³-hybridized carbons (Fsp3) is 0.136. The van der Waals surface area contributed by atoms with Crippen LogP contribution in [0.5, 0.6) is 0 Å². The van der Waals surface area contributed by atoms with Crippen LogP contribution in [0.2, 0.25) is 5.02 Å². The van der Waals surface area contributed by atoms with Gasteiger partial charge in [0.15, 0.2) is 0 Å². The molecule has 2 unspecified atom stereocenters. The molecule has 33 heavy (non-hydrogen) atoms. The molecular formula is C22H18ClFN4O4S. The fourth-order valence-corrected chi connectivity index (χ4v) is 4.71. The topological polar surface area (TPSA) is 122 Å². The summed E-state index contributed by atoms with van der Waals surface area (Å²) in [7, 11) is -4.16. The Hall–Kier alpha value is -3.34.